The minimum Gasteiger partial charge on any atom is -0.464 e. The van der Waals surface area contributed by atoms with E-state index in [1.807, 2.05) is 0 Å². The molecule has 0 atom stereocenters. The van der Waals surface area contributed by atoms with Crippen molar-refractivity contribution in [2.24, 2.45) is 0 Å². The molecule has 0 amide bonds. The van der Waals surface area contributed by atoms with E-state index in [2.05, 4.69) is 4.74 Å². The van der Waals surface area contributed by atoms with Gasteiger partial charge in [-0.25, -0.2) is 8.42 Å². The Bertz CT molecular complexity index is 260. The van der Waals surface area contributed by atoms with Gasteiger partial charge in [0.25, 0.3) is 0 Å². The molecule has 0 spiro atoms. The van der Waals surface area contributed by atoms with Gasteiger partial charge >= 0.3 is 5.97 Å². The van der Waals surface area contributed by atoms with Crippen LogP contribution < -0.4 is 0 Å². The summed E-state index contributed by atoms with van der Waals surface area (Å²) in [5.41, 5.74) is 0. The van der Waals surface area contributed by atoms with E-state index >= 15 is 0 Å². The van der Waals surface area contributed by atoms with Gasteiger partial charge in [-0.05, 0) is 0 Å². The molecule has 6 heteroatoms. The summed E-state index contributed by atoms with van der Waals surface area (Å²) in [4.78, 5) is 10.4. The standard InChI is InChI=1S/C7H15NO4S/c1-4-8(13(3,10)11)5-6-12-7(2)9/h4-6H2,1-3H3. The van der Waals surface area contributed by atoms with Crippen LogP contribution >= 0.6 is 0 Å². The average molecular weight is 209 g/mol. The Labute approximate surface area is 78.7 Å². The molecule has 0 aliphatic carbocycles. The van der Waals surface area contributed by atoms with Gasteiger partial charge in [-0.1, -0.05) is 6.92 Å². The molecule has 0 aliphatic heterocycles. The second-order valence-corrected chi connectivity index (χ2v) is 4.58. The predicted molar refractivity (Wildman–Crippen MR) is 48.7 cm³/mol. The summed E-state index contributed by atoms with van der Waals surface area (Å²) in [6, 6.07) is 0. The SMILES string of the molecule is CCN(CCOC(C)=O)S(C)(=O)=O. The van der Waals surface area contributed by atoms with Crippen LogP contribution in [0.4, 0.5) is 0 Å². The van der Waals surface area contributed by atoms with E-state index in [9.17, 15) is 13.2 Å². The van der Waals surface area contributed by atoms with E-state index < -0.39 is 16.0 Å². The number of likely N-dealkylation sites (N-methyl/N-ethyl adjacent to an activating group) is 1. The third-order valence-corrected chi connectivity index (χ3v) is 2.85. The number of hydrogen-bond acceptors (Lipinski definition) is 4. The molecule has 0 saturated carbocycles. The van der Waals surface area contributed by atoms with Gasteiger partial charge in [-0.2, -0.15) is 4.31 Å². The molecule has 5 nitrogen and oxygen atoms in total. The van der Waals surface area contributed by atoms with Crippen LogP contribution in [0.3, 0.4) is 0 Å². The van der Waals surface area contributed by atoms with E-state index in [-0.39, 0.29) is 13.2 Å². The van der Waals surface area contributed by atoms with Crippen LogP contribution in [-0.4, -0.2) is 44.6 Å². The van der Waals surface area contributed by atoms with E-state index in [0.717, 1.165) is 6.26 Å². The van der Waals surface area contributed by atoms with Crippen molar-refractivity contribution in [3.05, 3.63) is 0 Å². The first-order chi connectivity index (χ1) is 5.88. The molecule has 0 radical (unpaired) electrons. The summed E-state index contributed by atoms with van der Waals surface area (Å²) in [7, 11) is -3.17. The van der Waals surface area contributed by atoms with Crippen molar-refractivity contribution in [1.82, 2.24) is 4.31 Å². The van der Waals surface area contributed by atoms with Crippen LogP contribution in [0, 0.1) is 0 Å². The summed E-state index contributed by atoms with van der Waals surface area (Å²) in [5.74, 6) is -0.399. The number of sulfonamides is 1. The van der Waals surface area contributed by atoms with Crippen LogP contribution in [0.2, 0.25) is 0 Å². The summed E-state index contributed by atoms with van der Waals surface area (Å²) < 4.78 is 27.9. The fraction of sp³-hybridized carbons (Fsp3) is 0.857. The van der Waals surface area contributed by atoms with Gasteiger partial charge in [0, 0.05) is 20.0 Å². The van der Waals surface area contributed by atoms with Gasteiger partial charge in [0.15, 0.2) is 0 Å². The fourth-order valence-electron chi connectivity index (χ4n) is 0.850. The first kappa shape index (κ1) is 12.4. The molecule has 0 fully saturated rings. The molecule has 0 aromatic carbocycles. The van der Waals surface area contributed by atoms with Crippen molar-refractivity contribution in [3.63, 3.8) is 0 Å². The van der Waals surface area contributed by atoms with Crippen LogP contribution in [0.5, 0.6) is 0 Å². The Morgan fingerprint density at radius 2 is 2.00 bits per heavy atom. The number of esters is 1. The van der Waals surface area contributed by atoms with E-state index in [0.29, 0.717) is 6.54 Å². The summed E-state index contributed by atoms with van der Waals surface area (Å²) in [6.45, 7) is 3.73. The first-order valence-electron chi connectivity index (χ1n) is 3.96. The topological polar surface area (TPSA) is 63.7 Å². The van der Waals surface area contributed by atoms with Crippen LogP contribution in [0.25, 0.3) is 0 Å². The van der Waals surface area contributed by atoms with Crippen LogP contribution in [0.1, 0.15) is 13.8 Å². The number of nitrogens with zero attached hydrogens (tertiary/aromatic N) is 1. The molecule has 0 heterocycles. The third-order valence-electron chi connectivity index (χ3n) is 1.47. The Balaban J connectivity index is 3.95. The second-order valence-electron chi connectivity index (χ2n) is 2.59. The van der Waals surface area contributed by atoms with Crippen molar-refractivity contribution in [2.75, 3.05) is 26.0 Å². The highest BCUT2D eigenvalue weighted by molar-refractivity contribution is 7.88. The predicted octanol–water partition coefficient (Wildman–Crippen LogP) is -0.169. The minimum absolute atomic E-state index is 0.107. The quantitative estimate of drug-likeness (QED) is 0.590. The lowest BCUT2D eigenvalue weighted by Crippen LogP contribution is -2.33. The number of ether oxygens (including phenoxy) is 1. The van der Waals surface area contributed by atoms with Crippen LogP contribution in [-0.2, 0) is 19.6 Å². The lowest BCUT2D eigenvalue weighted by Gasteiger charge is -2.16. The molecule has 13 heavy (non-hydrogen) atoms. The molecule has 0 unspecified atom stereocenters. The first-order valence-corrected chi connectivity index (χ1v) is 5.81. The fourth-order valence-corrected chi connectivity index (χ4v) is 1.72. The number of hydrogen-bond donors (Lipinski definition) is 0. The normalized spacial score (nSPS) is 11.7. The average Bonchev–Trinajstić information content (AvgIpc) is 1.95. The van der Waals surface area contributed by atoms with Gasteiger partial charge in [-0.15, -0.1) is 0 Å². The van der Waals surface area contributed by atoms with Gasteiger partial charge in [-0.3, -0.25) is 4.79 Å². The highest BCUT2D eigenvalue weighted by atomic mass is 32.2. The van der Waals surface area contributed by atoms with Crippen molar-refractivity contribution in [2.45, 2.75) is 13.8 Å². The summed E-state index contributed by atoms with van der Waals surface area (Å²) in [6.07, 6.45) is 1.13. The molecule has 0 aromatic heterocycles. The van der Waals surface area contributed by atoms with Crippen LogP contribution in [0.15, 0.2) is 0 Å². The lowest BCUT2D eigenvalue weighted by molar-refractivity contribution is -0.141. The highest BCUT2D eigenvalue weighted by Crippen LogP contribution is 1.96. The van der Waals surface area contributed by atoms with Gasteiger partial charge in [0.2, 0.25) is 10.0 Å². The van der Waals surface area contributed by atoms with Gasteiger partial charge in [0.1, 0.15) is 6.61 Å². The van der Waals surface area contributed by atoms with E-state index in [1.165, 1.54) is 11.2 Å². The number of carbonyl (C=O) groups excluding carboxylic acids is 1. The minimum atomic E-state index is -3.17. The zero-order valence-corrected chi connectivity index (χ0v) is 8.93. The molecule has 0 N–H and O–H groups in total. The Morgan fingerprint density at radius 3 is 2.31 bits per heavy atom. The molecule has 78 valence electrons. The zero-order chi connectivity index (χ0) is 10.5. The highest BCUT2D eigenvalue weighted by Gasteiger charge is 2.13. The Morgan fingerprint density at radius 1 is 1.46 bits per heavy atom. The monoisotopic (exact) mass is 209 g/mol. The summed E-state index contributed by atoms with van der Waals surface area (Å²) in [5, 5.41) is 0. The largest absolute Gasteiger partial charge is 0.464 e. The molecule has 0 saturated heterocycles. The van der Waals surface area contributed by atoms with E-state index in [1.54, 1.807) is 6.92 Å². The maximum Gasteiger partial charge on any atom is 0.302 e. The number of rotatable bonds is 5. The van der Waals surface area contributed by atoms with E-state index in [4.69, 9.17) is 0 Å². The van der Waals surface area contributed by atoms with Crippen molar-refractivity contribution in [3.8, 4) is 0 Å². The zero-order valence-electron chi connectivity index (χ0n) is 8.11. The van der Waals surface area contributed by atoms with Crippen molar-refractivity contribution < 1.29 is 17.9 Å². The molecule has 0 aromatic rings. The molecular formula is C7H15NO4S. The van der Waals surface area contributed by atoms with Gasteiger partial charge in [0.05, 0.1) is 6.26 Å². The summed E-state index contributed by atoms with van der Waals surface area (Å²) >= 11 is 0. The maximum absolute atomic E-state index is 11.0. The second kappa shape index (κ2) is 5.18. The Hall–Kier alpha value is -0.620. The van der Waals surface area contributed by atoms with Crippen molar-refractivity contribution in [1.29, 1.82) is 0 Å². The molecular weight excluding hydrogens is 194 g/mol. The lowest BCUT2D eigenvalue weighted by atomic mass is 10.6. The molecule has 0 rings (SSSR count). The Kier molecular flexibility index (Phi) is 4.94. The third kappa shape index (κ3) is 5.59. The molecule has 0 aliphatic rings. The number of carbonyl (C=O) groups is 1. The van der Waals surface area contributed by atoms with Gasteiger partial charge < -0.3 is 4.74 Å². The van der Waals surface area contributed by atoms with Crippen molar-refractivity contribution >= 4 is 16.0 Å². The molecule has 0 bridgehead atoms. The maximum atomic E-state index is 11.0. The smallest absolute Gasteiger partial charge is 0.302 e.